The van der Waals surface area contributed by atoms with E-state index in [2.05, 4.69) is 29.8 Å². The number of halogens is 2. The Morgan fingerprint density at radius 1 is 1.17 bits per heavy atom. The van der Waals surface area contributed by atoms with Crippen LogP contribution >= 0.6 is 15.9 Å². The van der Waals surface area contributed by atoms with Crippen molar-refractivity contribution >= 4 is 15.9 Å². The fourth-order valence-electron chi connectivity index (χ4n) is 2.29. The molecule has 0 heterocycles. The summed E-state index contributed by atoms with van der Waals surface area (Å²) in [5.74, 6) is 0.0731. The minimum Gasteiger partial charge on any atom is -0.490 e. The molecule has 0 unspecified atom stereocenters. The third-order valence-electron chi connectivity index (χ3n) is 3.21. The van der Waals surface area contributed by atoms with Gasteiger partial charge in [-0.2, -0.15) is 0 Å². The van der Waals surface area contributed by atoms with Gasteiger partial charge in [0, 0.05) is 10.7 Å². The van der Waals surface area contributed by atoms with Crippen LogP contribution in [0.2, 0.25) is 0 Å². The molecule has 0 aliphatic carbocycles. The van der Waals surface area contributed by atoms with E-state index in [9.17, 15) is 4.39 Å². The highest BCUT2D eigenvalue weighted by molar-refractivity contribution is 9.09. The topological polar surface area (TPSA) is 9.23 Å². The number of rotatable bonds is 8. The van der Waals surface area contributed by atoms with Gasteiger partial charge in [-0.1, -0.05) is 54.8 Å². The molecule has 0 aromatic heterocycles. The van der Waals surface area contributed by atoms with Crippen molar-refractivity contribution in [3.8, 4) is 5.75 Å². The molecule has 0 aliphatic rings. The maximum atomic E-state index is 13.5. The van der Waals surface area contributed by atoms with Gasteiger partial charge in [-0.3, -0.25) is 0 Å². The monoisotopic (exact) mass is 316 g/mol. The number of para-hydroxylation sites is 1. The molecule has 1 aromatic carbocycles. The molecule has 1 nitrogen and oxygen atoms in total. The zero-order valence-electron chi connectivity index (χ0n) is 11.2. The fraction of sp³-hybridized carbons (Fsp3) is 0.600. The summed E-state index contributed by atoms with van der Waals surface area (Å²) in [7, 11) is 0. The van der Waals surface area contributed by atoms with Gasteiger partial charge in [0.1, 0.15) is 0 Å². The first kappa shape index (κ1) is 15.5. The van der Waals surface area contributed by atoms with E-state index in [0.717, 1.165) is 31.0 Å². The van der Waals surface area contributed by atoms with Crippen molar-refractivity contribution in [1.29, 1.82) is 0 Å². The lowest BCUT2D eigenvalue weighted by atomic mass is 9.82. The smallest absolute Gasteiger partial charge is 0.165 e. The van der Waals surface area contributed by atoms with Crippen molar-refractivity contribution in [2.24, 2.45) is 5.41 Å². The quantitative estimate of drug-likeness (QED) is 0.600. The molecule has 0 aliphatic heterocycles. The van der Waals surface area contributed by atoms with Crippen molar-refractivity contribution in [3.05, 3.63) is 30.1 Å². The summed E-state index contributed by atoms with van der Waals surface area (Å²) in [5.41, 5.74) is 0.117. The lowest BCUT2D eigenvalue weighted by Gasteiger charge is -2.31. The minimum atomic E-state index is -0.283. The second-order valence-corrected chi connectivity index (χ2v) is 5.41. The third kappa shape index (κ3) is 4.27. The molecule has 0 spiro atoms. The van der Waals surface area contributed by atoms with Crippen molar-refractivity contribution in [1.82, 2.24) is 0 Å². The zero-order chi connectivity index (χ0) is 13.4. The van der Waals surface area contributed by atoms with Crippen LogP contribution in [-0.2, 0) is 0 Å². The maximum Gasteiger partial charge on any atom is 0.165 e. The molecule has 18 heavy (non-hydrogen) atoms. The first-order valence-electron chi connectivity index (χ1n) is 6.60. The molecule has 1 rings (SSSR count). The Kier molecular flexibility index (Phi) is 6.69. The highest BCUT2D eigenvalue weighted by Crippen LogP contribution is 2.33. The Bertz CT molecular complexity index is 348. The predicted molar refractivity (Wildman–Crippen MR) is 77.9 cm³/mol. The predicted octanol–water partition coefficient (Wildman–Crippen LogP) is 5.19. The molecule has 0 fully saturated rings. The second-order valence-electron chi connectivity index (χ2n) is 4.85. The molecular formula is C15H22BrFO. The number of hydrogen-bond donors (Lipinski definition) is 0. The SMILES string of the molecule is CCCC(CBr)(CCC)COc1ccccc1F. The summed E-state index contributed by atoms with van der Waals surface area (Å²) in [5, 5.41) is 0.899. The van der Waals surface area contributed by atoms with E-state index in [1.807, 2.05) is 0 Å². The summed E-state index contributed by atoms with van der Waals surface area (Å²) in [6, 6.07) is 6.60. The molecule has 0 saturated heterocycles. The molecule has 0 atom stereocenters. The minimum absolute atomic E-state index is 0.117. The van der Waals surface area contributed by atoms with Crippen molar-refractivity contribution in [2.75, 3.05) is 11.9 Å². The van der Waals surface area contributed by atoms with Gasteiger partial charge in [0.15, 0.2) is 11.6 Å². The Balaban J connectivity index is 2.69. The van der Waals surface area contributed by atoms with E-state index < -0.39 is 0 Å². The fourth-order valence-corrected chi connectivity index (χ4v) is 3.02. The van der Waals surface area contributed by atoms with Gasteiger partial charge in [0.2, 0.25) is 0 Å². The van der Waals surface area contributed by atoms with Gasteiger partial charge in [-0.15, -0.1) is 0 Å². The highest BCUT2D eigenvalue weighted by atomic mass is 79.9. The van der Waals surface area contributed by atoms with E-state index in [-0.39, 0.29) is 11.2 Å². The van der Waals surface area contributed by atoms with E-state index in [0.29, 0.717) is 12.4 Å². The molecule has 102 valence electrons. The number of ether oxygens (including phenoxy) is 1. The van der Waals surface area contributed by atoms with Crippen LogP contribution in [0.1, 0.15) is 39.5 Å². The van der Waals surface area contributed by atoms with E-state index in [4.69, 9.17) is 4.74 Å². The second kappa shape index (κ2) is 7.78. The molecular weight excluding hydrogens is 295 g/mol. The molecule has 0 saturated carbocycles. The Morgan fingerprint density at radius 3 is 2.28 bits per heavy atom. The number of benzene rings is 1. The Morgan fingerprint density at radius 2 is 1.78 bits per heavy atom. The largest absolute Gasteiger partial charge is 0.490 e. The van der Waals surface area contributed by atoms with E-state index >= 15 is 0 Å². The van der Waals surface area contributed by atoms with Crippen molar-refractivity contribution in [2.45, 2.75) is 39.5 Å². The highest BCUT2D eigenvalue weighted by Gasteiger charge is 2.28. The summed E-state index contributed by atoms with van der Waals surface area (Å²) >= 11 is 3.59. The number of alkyl halides is 1. The first-order chi connectivity index (χ1) is 8.67. The maximum absolute atomic E-state index is 13.5. The van der Waals surface area contributed by atoms with Gasteiger partial charge in [-0.05, 0) is 25.0 Å². The van der Waals surface area contributed by atoms with Gasteiger partial charge in [0.05, 0.1) is 6.61 Å². The first-order valence-corrected chi connectivity index (χ1v) is 7.73. The third-order valence-corrected chi connectivity index (χ3v) is 4.40. The average Bonchev–Trinajstić information content (AvgIpc) is 2.38. The zero-order valence-corrected chi connectivity index (χ0v) is 12.8. The lowest BCUT2D eigenvalue weighted by molar-refractivity contribution is 0.140. The van der Waals surface area contributed by atoms with Crippen LogP contribution in [0.5, 0.6) is 5.75 Å². The van der Waals surface area contributed by atoms with E-state index in [1.165, 1.54) is 6.07 Å². The molecule has 0 N–H and O–H groups in total. The van der Waals surface area contributed by atoms with Gasteiger partial charge in [0.25, 0.3) is 0 Å². The van der Waals surface area contributed by atoms with Crippen LogP contribution < -0.4 is 4.74 Å². The van der Waals surface area contributed by atoms with Crippen LogP contribution in [0.25, 0.3) is 0 Å². The summed E-state index contributed by atoms with van der Waals surface area (Å²) in [6.45, 7) is 4.92. The Hall–Kier alpha value is -0.570. The molecule has 0 amide bonds. The van der Waals surface area contributed by atoms with Crippen LogP contribution in [0.15, 0.2) is 24.3 Å². The van der Waals surface area contributed by atoms with Crippen molar-refractivity contribution in [3.63, 3.8) is 0 Å². The van der Waals surface area contributed by atoms with Crippen molar-refractivity contribution < 1.29 is 9.13 Å². The number of hydrogen-bond acceptors (Lipinski definition) is 1. The van der Waals surface area contributed by atoms with Crippen LogP contribution in [0, 0.1) is 11.2 Å². The van der Waals surface area contributed by atoms with Gasteiger partial charge < -0.3 is 4.74 Å². The Labute approximate surface area is 118 Å². The summed E-state index contributed by atoms with van der Waals surface area (Å²) in [4.78, 5) is 0. The van der Waals surface area contributed by atoms with Crippen LogP contribution in [0.4, 0.5) is 4.39 Å². The lowest BCUT2D eigenvalue weighted by Crippen LogP contribution is -2.30. The molecule has 3 heteroatoms. The molecule has 0 radical (unpaired) electrons. The van der Waals surface area contributed by atoms with Gasteiger partial charge >= 0.3 is 0 Å². The van der Waals surface area contributed by atoms with Gasteiger partial charge in [-0.25, -0.2) is 4.39 Å². The summed E-state index contributed by atoms with van der Waals surface area (Å²) in [6.07, 6.45) is 4.43. The molecule has 0 bridgehead atoms. The van der Waals surface area contributed by atoms with Crippen LogP contribution in [-0.4, -0.2) is 11.9 Å². The molecule has 1 aromatic rings. The standard InChI is InChI=1S/C15H22BrFO/c1-3-9-15(11-16,10-4-2)12-18-14-8-6-5-7-13(14)17/h5-8H,3-4,9-12H2,1-2H3. The van der Waals surface area contributed by atoms with Crippen LogP contribution in [0.3, 0.4) is 0 Å². The van der Waals surface area contributed by atoms with E-state index in [1.54, 1.807) is 18.2 Å². The normalized spacial score (nSPS) is 11.6. The average molecular weight is 317 g/mol. The summed E-state index contributed by atoms with van der Waals surface area (Å²) < 4.78 is 19.2.